The average Bonchev–Trinajstić information content (AvgIpc) is 3.28. The van der Waals surface area contributed by atoms with Crippen molar-refractivity contribution in [1.29, 1.82) is 0 Å². The summed E-state index contributed by atoms with van der Waals surface area (Å²) in [6.07, 6.45) is 8.94. The van der Waals surface area contributed by atoms with E-state index in [0.717, 1.165) is 67.1 Å². The molecule has 0 spiro atoms. The first kappa shape index (κ1) is 22.9. The van der Waals surface area contributed by atoms with Crippen LogP contribution in [0.25, 0.3) is 33.6 Å². The van der Waals surface area contributed by atoms with Crippen LogP contribution in [-0.2, 0) is 19.4 Å². The van der Waals surface area contributed by atoms with Gasteiger partial charge in [0.05, 0.1) is 30.2 Å². The number of piperidine rings is 1. The summed E-state index contributed by atoms with van der Waals surface area (Å²) in [4.78, 5) is 16.9. The van der Waals surface area contributed by atoms with Gasteiger partial charge in [0.1, 0.15) is 11.6 Å². The zero-order chi connectivity index (χ0) is 24.9. The molecule has 4 aromatic rings. The molecule has 0 bridgehead atoms. The number of nitrogens with one attached hydrogen (secondary N) is 4. The summed E-state index contributed by atoms with van der Waals surface area (Å²) in [5.41, 5.74) is 9.92. The van der Waals surface area contributed by atoms with E-state index in [1.165, 1.54) is 46.5 Å². The number of benzene rings is 2. The second-order valence-electron chi connectivity index (χ2n) is 11.2. The van der Waals surface area contributed by atoms with E-state index in [4.69, 9.17) is 4.98 Å². The minimum absolute atomic E-state index is 0.402. The Morgan fingerprint density at radius 1 is 1.00 bits per heavy atom. The number of hydrogen-bond acceptors (Lipinski definition) is 4. The molecule has 6 heteroatoms. The van der Waals surface area contributed by atoms with Crippen molar-refractivity contribution in [2.24, 2.45) is 5.92 Å². The highest BCUT2D eigenvalue weighted by atomic mass is 15.1. The standard InChI is InChI=1S/C31H36N6/c1-3-18(2)32-17-29-33-16-28(35-29)20-9-7-19(8-10-20)21-11-12-24-22(13-21)5-4-6-25-30(24)37-31(36-25)27-15-23-14-26(23)34-27/h7-13,16,18,23,26-27,32,34H,3-6,14-15,17H2,1-2H3,(H,33,35)(H,36,37)/t18?,23-,26-,27+/m1/s1. The monoisotopic (exact) mass is 492 g/mol. The number of aromatic amines is 2. The third-order valence-electron chi connectivity index (χ3n) is 8.62. The fourth-order valence-corrected chi connectivity index (χ4v) is 6.05. The molecule has 0 amide bonds. The minimum Gasteiger partial charge on any atom is -0.344 e. The topological polar surface area (TPSA) is 81.4 Å². The Morgan fingerprint density at radius 3 is 2.65 bits per heavy atom. The first-order chi connectivity index (χ1) is 18.1. The second-order valence-corrected chi connectivity index (χ2v) is 11.2. The number of aromatic nitrogens is 4. The quantitative estimate of drug-likeness (QED) is 0.258. The smallest absolute Gasteiger partial charge is 0.124 e. The fraction of sp³-hybridized carbons (Fsp3) is 0.419. The summed E-state index contributed by atoms with van der Waals surface area (Å²) in [6, 6.07) is 17.4. The van der Waals surface area contributed by atoms with Crippen molar-refractivity contribution in [3.05, 3.63) is 71.6 Å². The Balaban J connectivity index is 1.10. The van der Waals surface area contributed by atoms with Gasteiger partial charge in [0.25, 0.3) is 0 Å². The number of imidazole rings is 2. The summed E-state index contributed by atoms with van der Waals surface area (Å²) in [6.45, 7) is 5.16. The van der Waals surface area contributed by atoms with Crippen molar-refractivity contribution in [2.75, 3.05) is 0 Å². The molecule has 2 aromatic heterocycles. The molecule has 4 atom stereocenters. The molecule has 0 radical (unpaired) electrons. The maximum Gasteiger partial charge on any atom is 0.124 e. The maximum atomic E-state index is 5.13. The van der Waals surface area contributed by atoms with Crippen molar-refractivity contribution < 1.29 is 0 Å². The summed E-state index contributed by atoms with van der Waals surface area (Å²) >= 11 is 0. The lowest BCUT2D eigenvalue weighted by molar-refractivity contribution is 0.525. The first-order valence-electron chi connectivity index (χ1n) is 14.0. The number of nitrogens with zero attached hydrogens (tertiary/aromatic N) is 2. The van der Waals surface area contributed by atoms with Crippen LogP contribution in [-0.4, -0.2) is 32.0 Å². The minimum atomic E-state index is 0.402. The molecule has 1 unspecified atom stereocenters. The molecule has 2 aromatic carbocycles. The first-order valence-corrected chi connectivity index (χ1v) is 14.0. The van der Waals surface area contributed by atoms with Crippen LogP contribution >= 0.6 is 0 Å². The van der Waals surface area contributed by atoms with Crippen LogP contribution in [0.5, 0.6) is 0 Å². The molecule has 6 nitrogen and oxygen atoms in total. The van der Waals surface area contributed by atoms with Gasteiger partial charge in [0, 0.05) is 23.3 Å². The summed E-state index contributed by atoms with van der Waals surface area (Å²) in [7, 11) is 0. The lowest BCUT2D eigenvalue weighted by Crippen LogP contribution is -2.24. The van der Waals surface area contributed by atoms with Crippen molar-refractivity contribution in [3.8, 4) is 33.6 Å². The molecule has 1 aliphatic heterocycles. The van der Waals surface area contributed by atoms with E-state index in [-0.39, 0.29) is 0 Å². The Labute approximate surface area is 218 Å². The van der Waals surface area contributed by atoms with Crippen molar-refractivity contribution >= 4 is 0 Å². The predicted molar refractivity (Wildman–Crippen MR) is 148 cm³/mol. The molecule has 3 aliphatic rings. The highest BCUT2D eigenvalue weighted by Gasteiger charge is 2.47. The Kier molecular flexibility index (Phi) is 5.74. The van der Waals surface area contributed by atoms with Crippen LogP contribution in [0.3, 0.4) is 0 Å². The zero-order valence-corrected chi connectivity index (χ0v) is 21.8. The largest absolute Gasteiger partial charge is 0.344 e. The van der Waals surface area contributed by atoms with Crippen molar-refractivity contribution in [3.63, 3.8) is 0 Å². The second kappa shape index (κ2) is 9.26. The van der Waals surface area contributed by atoms with Crippen LogP contribution in [0, 0.1) is 5.92 Å². The molecule has 4 N–H and O–H groups in total. The lowest BCUT2D eigenvalue weighted by atomic mass is 9.95. The van der Waals surface area contributed by atoms with E-state index in [0.29, 0.717) is 12.1 Å². The molecule has 3 heterocycles. The van der Waals surface area contributed by atoms with E-state index in [9.17, 15) is 0 Å². The summed E-state index contributed by atoms with van der Waals surface area (Å²) in [5.74, 6) is 2.99. The van der Waals surface area contributed by atoms with Gasteiger partial charge in [-0.05, 0) is 73.6 Å². The predicted octanol–water partition coefficient (Wildman–Crippen LogP) is 5.93. The SMILES string of the molecule is CCC(C)NCc1ncc(-c2ccc(-c3ccc4c(c3)CCCc3[nH]c([C@@H]5C[C@H]6C[C@H]6N5)nc3-4)cc2)[nH]1. The average molecular weight is 493 g/mol. The third kappa shape index (κ3) is 4.42. The lowest BCUT2D eigenvalue weighted by Gasteiger charge is -2.11. The van der Waals surface area contributed by atoms with Crippen LogP contribution < -0.4 is 10.6 Å². The van der Waals surface area contributed by atoms with Crippen LogP contribution in [0.1, 0.15) is 68.5 Å². The molecule has 37 heavy (non-hydrogen) atoms. The zero-order valence-electron chi connectivity index (χ0n) is 21.8. The Bertz CT molecular complexity index is 1400. The van der Waals surface area contributed by atoms with E-state index < -0.39 is 0 Å². The number of aryl methyl sites for hydroxylation is 2. The molecule has 2 fully saturated rings. The fourth-order valence-electron chi connectivity index (χ4n) is 6.05. The van der Waals surface area contributed by atoms with Gasteiger partial charge in [0.15, 0.2) is 0 Å². The molecule has 1 saturated carbocycles. The van der Waals surface area contributed by atoms with Gasteiger partial charge in [-0.1, -0.05) is 49.4 Å². The van der Waals surface area contributed by atoms with E-state index in [1.807, 2.05) is 6.20 Å². The number of rotatable bonds is 7. The summed E-state index contributed by atoms with van der Waals surface area (Å²) < 4.78 is 0. The number of fused-ring (bicyclic) bond motifs is 4. The maximum absolute atomic E-state index is 5.13. The normalized spacial score (nSPS) is 22.7. The van der Waals surface area contributed by atoms with Gasteiger partial charge < -0.3 is 20.6 Å². The highest BCUT2D eigenvalue weighted by molar-refractivity contribution is 5.75. The van der Waals surface area contributed by atoms with E-state index >= 15 is 0 Å². The van der Waals surface area contributed by atoms with E-state index in [2.05, 4.69) is 81.9 Å². The van der Waals surface area contributed by atoms with Gasteiger partial charge in [-0.25, -0.2) is 9.97 Å². The molecular weight excluding hydrogens is 456 g/mol. The molecule has 7 rings (SSSR count). The molecule has 190 valence electrons. The third-order valence-corrected chi connectivity index (χ3v) is 8.62. The Morgan fingerprint density at radius 2 is 1.84 bits per heavy atom. The van der Waals surface area contributed by atoms with E-state index in [1.54, 1.807) is 0 Å². The molecular formula is C31H36N6. The van der Waals surface area contributed by atoms with Gasteiger partial charge in [0.2, 0.25) is 0 Å². The summed E-state index contributed by atoms with van der Waals surface area (Å²) in [5, 5.41) is 7.25. The van der Waals surface area contributed by atoms with Crippen LogP contribution in [0.2, 0.25) is 0 Å². The van der Waals surface area contributed by atoms with Crippen LogP contribution in [0.15, 0.2) is 48.7 Å². The van der Waals surface area contributed by atoms with Gasteiger partial charge >= 0.3 is 0 Å². The van der Waals surface area contributed by atoms with Gasteiger partial charge in [-0.2, -0.15) is 0 Å². The highest BCUT2D eigenvalue weighted by Crippen LogP contribution is 2.46. The van der Waals surface area contributed by atoms with Crippen molar-refractivity contribution in [2.45, 2.75) is 77.0 Å². The Hall–Kier alpha value is -3.22. The number of hydrogen-bond donors (Lipinski definition) is 4. The van der Waals surface area contributed by atoms with Crippen molar-refractivity contribution in [1.82, 2.24) is 30.6 Å². The van der Waals surface area contributed by atoms with Crippen LogP contribution in [0.4, 0.5) is 0 Å². The molecule has 1 saturated heterocycles. The molecule has 2 aliphatic carbocycles. The number of H-pyrrole nitrogens is 2. The van der Waals surface area contributed by atoms with Gasteiger partial charge in [-0.15, -0.1) is 0 Å². The van der Waals surface area contributed by atoms with Gasteiger partial charge in [-0.3, -0.25) is 0 Å².